The third-order valence-electron chi connectivity index (χ3n) is 3.10. The number of ether oxygens (including phenoxy) is 2. The largest absolute Gasteiger partial charge is 0.497 e. The van der Waals surface area contributed by atoms with E-state index in [1.807, 2.05) is 0 Å². The zero-order valence-corrected chi connectivity index (χ0v) is 12.6. The molecule has 0 radical (unpaired) electrons. The second-order valence-corrected chi connectivity index (χ2v) is 5.81. The molecule has 1 heterocycles. The van der Waals surface area contributed by atoms with Crippen LogP contribution in [0.5, 0.6) is 11.5 Å². The predicted molar refractivity (Wildman–Crippen MR) is 83.6 cm³/mol. The molecule has 3 rings (SSSR count). The summed E-state index contributed by atoms with van der Waals surface area (Å²) in [7, 11) is 0.137. The molecule has 6 nitrogen and oxygen atoms in total. The van der Waals surface area contributed by atoms with E-state index in [-0.39, 0.29) is 12.5 Å². The van der Waals surface area contributed by atoms with Crippen molar-refractivity contribution >= 4 is 28.3 Å². The lowest BCUT2D eigenvalue weighted by atomic mass is 10.2. The number of methoxy groups -OCH3 is 1. The molecule has 0 fully saturated rings. The van der Waals surface area contributed by atoms with Crippen molar-refractivity contribution in [2.75, 3.05) is 23.8 Å². The normalized spacial score (nSPS) is 14.3. The summed E-state index contributed by atoms with van der Waals surface area (Å²) in [5.74, 6) is 1.08. The third kappa shape index (κ3) is 3.04. The van der Waals surface area contributed by atoms with Gasteiger partial charge in [-0.2, -0.15) is 0 Å². The number of carbonyl (C=O) groups excluding carboxylic acids is 1. The van der Waals surface area contributed by atoms with Gasteiger partial charge >= 0.3 is 0 Å². The molecule has 1 aliphatic heterocycles. The van der Waals surface area contributed by atoms with Gasteiger partial charge in [0.25, 0.3) is 5.91 Å². The van der Waals surface area contributed by atoms with Crippen LogP contribution < -0.4 is 19.5 Å². The molecule has 0 spiro atoms. The van der Waals surface area contributed by atoms with Gasteiger partial charge in [0, 0.05) is 5.69 Å². The fraction of sp³-hybridized carbons (Fsp3) is 0.133. The van der Waals surface area contributed by atoms with Gasteiger partial charge in [-0.3, -0.25) is 4.79 Å². The first-order valence-electron chi connectivity index (χ1n) is 6.55. The fourth-order valence-corrected chi connectivity index (χ4v) is 2.89. The summed E-state index contributed by atoms with van der Waals surface area (Å²) >= 11 is 0. The Balaban J connectivity index is 1.77. The lowest BCUT2D eigenvalue weighted by Crippen LogP contribution is -2.25. The summed E-state index contributed by atoms with van der Waals surface area (Å²) in [6.07, 6.45) is 0. The second kappa shape index (κ2) is 6.07. The molecule has 1 amide bonds. The Morgan fingerprint density at radius 2 is 2.00 bits per heavy atom. The summed E-state index contributed by atoms with van der Waals surface area (Å²) in [6, 6.07) is 12.1. The molecule has 1 atom stereocenters. The SMILES string of the molecule is COc1ccc(NS(=O)c2ccc3c(c2)NC(=O)CO3)cc1. The van der Waals surface area contributed by atoms with Gasteiger partial charge in [0.1, 0.15) is 22.5 Å². The van der Waals surface area contributed by atoms with Crippen LogP contribution >= 0.6 is 0 Å². The average Bonchev–Trinajstić information content (AvgIpc) is 2.54. The van der Waals surface area contributed by atoms with Gasteiger partial charge in [0.2, 0.25) is 0 Å². The Kier molecular flexibility index (Phi) is 3.97. The van der Waals surface area contributed by atoms with Gasteiger partial charge in [-0.1, -0.05) is 0 Å². The van der Waals surface area contributed by atoms with Gasteiger partial charge in [-0.05, 0) is 42.5 Å². The molecule has 1 unspecified atom stereocenters. The number of nitrogens with one attached hydrogen (secondary N) is 2. The number of carbonyl (C=O) groups is 1. The highest BCUT2D eigenvalue weighted by Gasteiger charge is 2.17. The third-order valence-corrected chi connectivity index (χ3v) is 4.20. The van der Waals surface area contributed by atoms with Crippen LogP contribution in [-0.2, 0) is 15.8 Å². The summed E-state index contributed by atoms with van der Waals surface area (Å²) in [5.41, 5.74) is 1.23. The van der Waals surface area contributed by atoms with E-state index in [0.29, 0.717) is 22.0 Å². The number of anilines is 2. The minimum Gasteiger partial charge on any atom is -0.497 e. The summed E-state index contributed by atoms with van der Waals surface area (Å²) in [6.45, 7) is -0.000462. The van der Waals surface area contributed by atoms with Crippen molar-refractivity contribution in [3.63, 3.8) is 0 Å². The first kappa shape index (κ1) is 14.4. The second-order valence-electron chi connectivity index (χ2n) is 4.59. The van der Waals surface area contributed by atoms with Gasteiger partial charge in [0.15, 0.2) is 6.61 Å². The van der Waals surface area contributed by atoms with Crippen molar-refractivity contribution in [1.82, 2.24) is 0 Å². The molecule has 0 saturated heterocycles. The first-order chi connectivity index (χ1) is 10.7. The zero-order chi connectivity index (χ0) is 15.5. The standard InChI is InChI=1S/C15H14N2O4S/c1-20-11-4-2-10(3-5-11)17-22(19)12-6-7-14-13(8-12)16-15(18)9-21-14/h2-8,17H,9H2,1H3,(H,16,18). The van der Waals surface area contributed by atoms with Gasteiger partial charge in [-0.25, -0.2) is 4.21 Å². The molecule has 2 N–H and O–H groups in total. The molecule has 7 heteroatoms. The molecule has 0 aliphatic carbocycles. The minimum atomic E-state index is -1.45. The highest BCUT2D eigenvalue weighted by molar-refractivity contribution is 7.86. The summed E-state index contributed by atoms with van der Waals surface area (Å²) in [4.78, 5) is 11.9. The maximum atomic E-state index is 12.4. The van der Waals surface area contributed by atoms with Crippen LogP contribution in [0, 0.1) is 0 Å². The molecule has 2 aromatic rings. The van der Waals surface area contributed by atoms with Gasteiger partial charge in [-0.15, -0.1) is 0 Å². The number of rotatable bonds is 4. The highest BCUT2D eigenvalue weighted by atomic mass is 32.2. The van der Waals surface area contributed by atoms with Crippen molar-refractivity contribution in [3.05, 3.63) is 42.5 Å². The molecule has 0 aromatic heterocycles. The van der Waals surface area contributed by atoms with Crippen LogP contribution in [0.15, 0.2) is 47.4 Å². The first-order valence-corrected chi connectivity index (χ1v) is 7.70. The van der Waals surface area contributed by atoms with Crippen LogP contribution in [0.2, 0.25) is 0 Å². The monoisotopic (exact) mass is 318 g/mol. The smallest absolute Gasteiger partial charge is 0.262 e. The van der Waals surface area contributed by atoms with Crippen molar-refractivity contribution in [1.29, 1.82) is 0 Å². The summed E-state index contributed by atoms with van der Waals surface area (Å²) < 4.78 is 25.6. The van der Waals surface area contributed by atoms with Gasteiger partial charge < -0.3 is 19.5 Å². The Morgan fingerprint density at radius 3 is 2.73 bits per heavy atom. The number of hydrogen-bond acceptors (Lipinski definition) is 4. The Bertz CT molecular complexity index is 731. The molecular formula is C15H14N2O4S. The summed E-state index contributed by atoms with van der Waals surface area (Å²) in [5, 5.41) is 2.69. The van der Waals surface area contributed by atoms with Crippen molar-refractivity contribution < 1.29 is 18.5 Å². The fourth-order valence-electron chi connectivity index (χ4n) is 2.00. The number of fused-ring (bicyclic) bond motifs is 1. The lowest BCUT2D eigenvalue weighted by molar-refractivity contribution is -0.118. The van der Waals surface area contributed by atoms with Crippen LogP contribution in [0.4, 0.5) is 11.4 Å². The number of benzene rings is 2. The Labute approximate surface area is 130 Å². The minimum absolute atomic E-state index is 0.000462. The number of amides is 1. The predicted octanol–water partition coefficient (Wildman–Crippen LogP) is 2.16. The van der Waals surface area contributed by atoms with Crippen LogP contribution in [0.1, 0.15) is 0 Å². The van der Waals surface area contributed by atoms with E-state index in [1.165, 1.54) is 0 Å². The van der Waals surface area contributed by atoms with Crippen LogP contribution in [-0.4, -0.2) is 23.8 Å². The topological polar surface area (TPSA) is 76.7 Å². The molecule has 2 aromatic carbocycles. The van der Waals surface area contributed by atoms with E-state index in [2.05, 4.69) is 10.0 Å². The molecule has 22 heavy (non-hydrogen) atoms. The maximum absolute atomic E-state index is 12.4. The van der Waals surface area contributed by atoms with Crippen molar-refractivity contribution in [3.8, 4) is 11.5 Å². The maximum Gasteiger partial charge on any atom is 0.262 e. The van der Waals surface area contributed by atoms with E-state index in [1.54, 1.807) is 49.6 Å². The highest BCUT2D eigenvalue weighted by Crippen LogP contribution is 2.29. The average molecular weight is 318 g/mol. The molecule has 1 aliphatic rings. The van der Waals surface area contributed by atoms with E-state index < -0.39 is 11.0 Å². The van der Waals surface area contributed by atoms with Crippen molar-refractivity contribution in [2.24, 2.45) is 0 Å². The van der Waals surface area contributed by atoms with E-state index >= 15 is 0 Å². The van der Waals surface area contributed by atoms with E-state index in [0.717, 1.165) is 5.75 Å². The van der Waals surface area contributed by atoms with E-state index in [9.17, 15) is 9.00 Å². The van der Waals surface area contributed by atoms with Crippen LogP contribution in [0.25, 0.3) is 0 Å². The lowest BCUT2D eigenvalue weighted by Gasteiger charge is -2.18. The van der Waals surface area contributed by atoms with E-state index in [4.69, 9.17) is 9.47 Å². The van der Waals surface area contributed by atoms with Crippen molar-refractivity contribution in [2.45, 2.75) is 4.90 Å². The Morgan fingerprint density at radius 1 is 1.23 bits per heavy atom. The zero-order valence-electron chi connectivity index (χ0n) is 11.8. The molecular weight excluding hydrogens is 304 g/mol. The Hall–Kier alpha value is -2.54. The molecule has 0 bridgehead atoms. The number of hydrogen-bond donors (Lipinski definition) is 2. The quantitative estimate of drug-likeness (QED) is 0.906. The van der Waals surface area contributed by atoms with Gasteiger partial charge in [0.05, 0.1) is 17.7 Å². The molecule has 0 saturated carbocycles. The molecule has 114 valence electrons. The van der Waals surface area contributed by atoms with Crippen LogP contribution in [0.3, 0.4) is 0 Å².